The van der Waals surface area contributed by atoms with Gasteiger partial charge in [0.15, 0.2) is 6.61 Å². The topological polar surface area (TPSA) is 104 Å². The van der Waals surface area contributed by atoms with Crippen molar-refractivity contribution in [1.82, 2.24) is 0 Å². The molecule has 0 fully saturated rings. The van der Waals surface area contributed by atoms with Crippen LogP contribution in [-0.2, 0) is 11.4 Å². The molecule has 7 nitrogen and oxygen atoms in total. The second-order valence-electron chi connectivity index (χ2n) is 8.79. The van der Waals surface area contributed by atoms with Gasteiger partial charge in [0.05, 0.1) is 5.92 Å². The number of esters is 1. The van der Waals surface area contributed by atoms with Crippen molar-refractivity contribution in [3.05, 3.63) is 129 Å². The zero-order chi connectivity index (χ0) is 28.1. The summed E-state index contributed by atoms with van der Waals surface area (Å²) >= 11 is 12.2. The van der Waals surface area contributed by atoms with E-state index in [9.17, 15) is 10.1 Å². The van der Waals surface area contributed by atoms with Crippen LogP contribution in [0.15, 0.2) is 102 Å². The summed E-state index contributed by atoms with van der Waals surface area (Å²) in [5.74, 6) is 0.599. The molecule has 4 aromatic carbocycles. The number of allylic oxidation sites excluding steroid dienone is 1. The van der Waals surface area contributed by atoms with E-state index in [1.165, 1.54) is 0 Å². The Balaban J connectivity index is 1.31. The highest BCUT2D eigenvalue weighted by atomic mass is 35.5. The number of carbonyl (C=O) groups is 1. The Bertz CT molecular complexity index is 1630. The Morgan fingerprint density at radius 2 is 1.68 bits per heavy atom. The average Bonchev–Trinajstić information content (AvgIpc) is 2.95. The zero-order valence-corrected chi connectivity index (χ0v) is 22.5. The second-order valence-corrected chi connectivity index (χ2v) is 9.64. The smallest absolute Gasteiger partial charge is 0.349 e. The lowest BCUT2D eigenvalue weighted by atomic mass is 9.83. The molecule has 2 N–H and O–H groups in total. The average molecular weight is 573 g/mol. The third-order valence-corrected chi connectivity index (χ3v) is 6.74. The van der Waals surface area contributed by atoms with Crippen molar-refractivity contribution >= 4 is 29.2 Å². The molecule has 0 bridgehead atoms. The number of nitrogens with zero attached hydrogens (tertiary/aromatic N) is 1. The first-order chi connectivity index (χ1) is 19.4. The Morgan fingerprint density at radius 1 is 0.900 bits per heavy atom. The number of benzene rings is 4. The summed E-state index contributed by atoms with van der Waals surface area (Å²) in [5, 5.41) is 11.0. The van der Waals surface area contributed by atoms with Crippen LogP contribution >= 0.6 is 23.2 Å². The highest BCUT2D eigenvalue weighted by molar-refractivity contribution is 6.31. The van der Waals surface area contributed by atoms with Crippen molar-refractivity contribution in [1.29, 1.82) is 5.26 Å². The molecule has 1 unspecified atom stereocenters. The van der Waals surface area contributed by atoms with Gasteiger partial charge in [0, 0.05) is 27.2 Å². The minimum Gasteiger partial charge on any atom is -0.489 e. The third kappa shape index (κ3) is 6.15. The van der Waals surface area contributed by atoms with Gasteiger partial charge in [-0.3, -0.25) is 0 Å². The molecule has 0 aromatic heterocycles. The summed E-state index contributed by atoms with van der Waals surface area (Å²) in [6.07, 6.45) is 0. The molecule has 0 amide bonds. The predicted octanol–water partition coefficient (Wildman–Crippen LogP) is 6.77. The molecule has 1 heterocycles. The van der Waals surface area contributed by atoms with Gasteiger partial charge >= 0.3 is 5.97 Å². The second kappa shape index (κ2) is 12.0. The minimum atomic E-state index is -0.610. The summed E-state index contributed by atoms with van der Waals surface area (Å²) in [6.45, 7) is 0.00742. The minimum absolute atomic E-state index is 0.0215. The largest absolute Gasteiger partial charge is 0.489 e. The molecule has 1 aliphatic heterocycles. The van der Waals surface area contributed by atoms with E-state index in [2.05, 4.69) is 6.07 Å². The summed E-state index contributed by atoms with van der Waals surface area (Å²) in [7, 11) is 0. The van der Waals surface area contributed by atoms with Crippen LogP contribution in [0, 0.1) is 11.3 Å². The SMILES string of the molecule is N#CC1=C(N)Oc2cc(OC(=O)COc3cccc(Cl)c3)ccc2C1c1ccc(OCc2ccccc2Cl)cc1. The number of nitrogens with two attached hydrogens (primary N) is 1. The zero-order valence-electron chi connectivity index (χ0n) is 21.0. The Labute approximate surface area is 240 Å². The lowest BCUT2D eigenvalue weighted by Gasteiger charge is -2.26. The fourth-order valence-corrected chi connectivity index (χ4v) is 4.61. The van der Waals surface area contributed by atoms with Crippen molar-refractivity contribution < 1.29 is 23.7 Å². The van der Waals surface area contributed by atoms with Gasteiger partial charge in [-0.25, -0.2) is 4.79 Å². The number of hydrogen-bond acceptors (Lipinski definition) is 7. The molecular formula is C31H22Cl2N2O5. The van der Waals surface area contributed by atoms with Gasteiger partial charge in [-0.1, -0.05) is 65.7 Å². The third-order valence-electron chi connectivity index (χ3n) is 6.14. The van der Waals surface area contributed by atoms with Crippen molar-refractivity contribution in [2.45, 2.75) is 12.5 Å². The molecule has 0 radical (unpaired) electrons. The van der Waals surface area contributed by atoms with E-state index in [1.54, 1.807) is 42.5 Å². The van der Waals surface area contributed by atoms with Gasteiger partial charge in [-0.15, -0.1) is 0 Å². The first-order valence-corrected chi connectivity index (χ1v) is 12.9. The summed E-state index contributed by atoms with van der Waals surface area (Å²) in [6, 6.07) is 28.7. The fraction of sp³-hybridized carbons (Fsp3) is 0.0968. The number of rotatable bonds is 8. The molecule has 9 heteroatoms. The monoisotopic (exact) mass is 572 g/mol. The fourth-order valence-electron chi connectivity index (χ4n) is 4.24. The van der Waals surface area contributed by atoms with E-state index in [-0.39, 0.29) is 23.8 Å². The molecule has 200 valence electrons. The van der Waals surface area contributed by atoms with E-state index in [0.717, 1.165) is 11.1 Å². The van der Waals surface area contributed by atoms with Crippen LogP contribution in [-0.4, -0.2) is 12.6 Å². The Hall–Kier alpha value is -4.64. The van der Waals surface area contributed by atoms with Crippen molar-refractivity contribution in [3.63, 3.8) is 0 Å². The van der Waals surface area contributed by atoms with Crippen LogP contribution in [0.5, 0.6) is 23.0 Å². The standard InChI is InChI=1S/C31H22Cl2N2O5/c32-21-5-3-6-23(14-21)38-18-29(36)39-24-12-13-25-28(15-24)40-31(35)26(16-34)30(25)19-8-10-22(11-9-19)37-17-20-4-1-2-7-27(20)33/h1-15,30H,17-18,35H2. The Kier molecular flexibility index (Phi) is 8.11. The maximum Gasteiger partial charge on any atom is 0.349 e. The van der Waals surface area contributed by atoms with Gasteiger partial charge in [0.25, 0.3) is 0 Å². The summed E-state index contributed by atoms with van der Waals surface area (Å²) in [4.78, 5) is 12.4. The number of nitriles is 1. The van der Waals surface area contributed by atoms with E-state index in [4.69, 9.17) is 47.9 Å². The summed E-state index contributed by atoms with van der Waals surface area (Å²) < 4.78 is 22.5. The molecule has 0 saturated heterocycles. The number of halogens is 2. The quantitative estimate of drug-likeness (QED) is 0.183. The van der Waals surface area contributed by atoms with E-state index in [1.807, 2.05) is 48.5 Å². The van der Waals surface area contributed by atoms with E-state index < -0.39 is 11.9 Å². The molecule has 0 spiro atoms. The van der Waals surface area contributed by atoms with Crippen LogP contribution in [0.2, 0.25) is 10.0 Å². The number of fused-ring (bicyclic) bond motifs is 1. The predicted molar refractivity (Wildman–Crippen MR) is 151 cm³/mol. The number of hydrogen-bond donors (Lipinski definition) is 1. The highest BCUT2D eigenvalue weighted by Crippen LogP contribution is 2.43. The molecule has 4 aromatic rings. The highest BCUT2D eigenvalue weighted by Gasteiger charge is 2.31. The van der Waals surface area contributed by atoms with Gasteiger partial charge < -0.3 is 24.7 Å². The maximum atomic E-state index is 12.4. The van der Waals surface area contributed by atoms with Crippen LogP contribution in [0.3, 0.4) is 0 Å². The molecule has 0 saturated carbocycles. The van der Waals surface area contributed by atoms with Crippen LogP contribution in [0.1, 0.15) is 22.6 Å². The molecule has 40 heavy (non-hydrogen) atoms. The first kappa shape index (κ1) is 26.9. The lowest BCUT2D eigenvalue weighted by molar-refractivity contribution is -0.136. The Morgan fingerprint density at radius 3 is 2.42 bits per heavy atom. The number of carbonyl (C=O) groups excluding carboxylic acids is 1. The maximum absolute atomic E-state index is 12.4. The number of ether oxygens (including phenoxy) is 4. The van der Waals surface area contributed by atoms with Crippen molar-refractivity contribution in [3.8, 4) is 29.1 Å². The summed E-state index contributed by atoms with van der Waals surface area (Å²) in [5.41, 5.74) is 8.79. The van der Waals surface area contributed by atoms with Crippen LogP contribution in [0.25, 0.3) is 0 Å². The lowest BCUT2D eigenvalue weighted by Crippen LogP contribution is -2.21. The van der Waals surface area contributed by atoms with Gasteiger partial charge in [-0.2, -0.15) is 5.26 Å². The van der Waals surface area contributed by atoms with Gasteiger partial charge in [0.1, 0.15) is 41.2 Å². The molecule has 0 aliphatic carbocycles. The molecular weight excluding hydrogens is 551 g/mol. The molecule has 1 atom stereocenters. The van der Waals surface area contributed by atoms with Gasteiger partial charge in [-0.05, 0) is 48.0 Å². The first-order valence-electron chi connectivity index (χ1n) is 12.2. The molecule has 5 rings (SSSR count). The normalized spacial score (nSPS) is 14.0. The van der Waals surface area contributed by atoms with Crippen LogP contribution < -0.4 is 24.7 Å². The van der Waals surface area contributed by atoms with Crippen LogP contribution in [0.4, 0.5) is 0 Å². The molecule has 1 aliphatic rings. The van der Waals surface area contributed by atoms with Gasteiger partial charge in [0.2, 0.25) is 5.88 Å². The van der Waals surface area contributed by atoms with E-state index in [0.29, 0.717) is 39.5 Å². The van der Waals surface area contributed by atoms with Crippen molar-refractivity contribution in [2.24, 2.45) is 5.73 Å². The van der Waals surface area contributed by atoms with Crippen molar-refractivity contribution in [2.75, 3.05) is 6.61 Å². The van der Waals surface area contributed by atoms with E-state index >= 15 is 0 Å².